The molecular weight excluding hydrogens is 188 g/mol. The van der Waals surface area contributed by atoms with E-state index in [1.165, 1.54) is 0 Å². The number of furan rings is 1. The third-order valence-corrected chi connectivity index (χ3v) is 2.65. The largest absolute Gasteiger partial charge is 0.466 e. The maximum atomic E-state index is 11.9. The summed E-state index contributed by atoms with van der Waals surface area (Å²) in [5, 5.41) is 0. The quantitative estimate of drug-likeness (QED) is 0.417. The summed E-state index contributed by atoms with van der Waals surface area (Å²) in [5.41, 5.74) is 1.76. The lowest BCUT2D eigenvalue weighted by molar-refractivity contribution is 0.0978. The van der Waals surface area contributed by atoms with Gasteiger partial charge in [0, 0.05) is 12.0 Å². The molecule has 0 N–H and O–H groups in total. The minimum absolute atomic E-state index is 0.184. The molecule has 1 aromatic heterocycles. The van der Waals surface area contributed by atoms with Crippen molar-refractivity contribution in [2.45, 2.75) is 40.0 Å². The number of carbonyl (C=O) groups is 1. The molecular formula is C13H18O2. The van der Waals surface area contributed by atoms with Crippen molar-refractivity contribution in [3.63, 3.8) is 0 Å². The fourth-order valence-electron chi connectivity index (χ4n) is 1.73. The van der Waals surface area contributed by atoms with Crippen molar-refractivity contribution in [2.75, 3.05) is 0 Å². The van der Waals surface area contributed by atoms with Crippen molar-refractivity contribution >= 4 is 5.78 Å². The van der Waals surface area contributed by atoms with E-state index < -0.39 is 0 Å². The van der Waals surface area contributed by atoms with Gasteiger partial charge in [0.1, 0.15) is 11.5 Å². The molecule has 1 rings (SSSR count). The van der Waals surface area contributed by atoms with Gasteiger partial charge in [-0.2, -0.15) is 0 Å². The molecule has 0 atom stereocenters. The summed E-state index contributed by atoms with van der Waals surface area (Å²) >= 11 is 0. The van der Waals surface area contributed by atoms with Crippen LogP contribution in [0.1, 0.15) is 46.7 Å². The summed E-state index contributed by atoms with van der Waals surface area (Å²) in [6.45, 7) is 9.32. The Bertz CT molecular complexity index is 372. The van der Waals surface area contributed by atoms with Crippen LogP contribution >= 0.6 is 0 Å². The number of Topliss-reactive ketones (excluding diaryl/α,β-unsaturated/α-hetero) is 1. The average Bonchev–Trinajstić information content (AvgIpc) is 2.41. The van der Waals surface area contributed by atoms with Crippen molar-refractivity contribution in [3.05, 3.63) is 35.3 Å². The molecule has 1 aromatic rings. The predicted octanol–water partition coefficient (Wildman–Crippen LogP) is 3.74. The molecule has 82 valence electrons. The maximum Gasteiger partial charge on any atom is 0.166 e. The average molecular weight is 206 g/mol. The molecule has 0 aliphatic heterocycles. The second-order valence-corrected chi connectivity index (χ2v) is 3.82. The van der Waals surface area contributed by atoms with Crippen LogP contribution in [-0.2, 0) is 0 Å². The zero-order chi connectivity index (χ0) is 11.4. The molecule has 0 unspecified atom stereocenters. The van der Waals surface area contributed by atoms with Crippen molar-refractivity contribution in [1.82, 2.24) is 0 Å². The van der Waals surface area contributed by atoms with Gasteiger partial charge in [-0.3, -0.25) is 4.79 Å². The smallest absolute Gasteiger partial charge is 0.166 e. The normalized spacial score (nSPS) is 10.3. The van der Waals surface area contributed by atoms with Crippen LogP contribution in [0.4, 0.5) is 0 Å². The minimum Gasteiger partial charge on any atom is -0.466 e. The highest BCUT2D eigenvalue weighted by atomic mass is 16.3. The number of aryl methyl sites for hydroxylation is 2. The zero-order valence-electron chi connectivity index (χ0n) is 9.72. The van der Waals surface area contributed by atoms with Gasteiger partial charge in [-0.15, -0.1) is 6.58 Å². The highest BCUT2D eigenvalue weighted by Gasteiger charge is 2.17. The van der Waals surface area contributed by atoms with Gasteiger partial charge in [0.15, 0.2) is 5.78 Å². The fraction of sp³-hybridized carbons (Fsp3) is 0.462. The van der Waals surface area contributed by atoms with Crippen LogP contribution in [-0.4, -0.2) is 5.78 Å². The molecule has 2 heteroatoms. The van der Waals surface area contributed by atoms with Crippen LogP contribution in [0.3, 0.4) is 0 Å². The molecule has 0 saturated carbocycles. The van der Waals surface area contributed by atoms with Gasteiger partial charge < -0.3 is 4.42 Å². The number of hydrogen-bond acceptors (Lipinski definition) is 2. The number of unbranched alkanes of at least 4 members (excludes halogenated alkanes) is 1. The minimum atomic E-state index is 0.184. The Hall–Kier alpha value is -1.31. The summed E-state index contributed by atoms with van der Waals surface area (Å²) in [5.74, 6) is 1.77. The van der Waals surface area contributed by atoms with E-state index >= 15 is 0 Å². The Morgan fingerprint density at radius 1 is 1.33 bits per heavy atom. The lowest BCUT2D eigenvalue weighted by Gasteiger charge is -1.99. The van der Waals surface area contributed by atoms with Gasteiger partial charge >= 0.3 is 0 Å². The summed E-state index contributed by atoms with van der Waals surface area (Å²) in [4.78, 5) is 11.9. The van der Waals surface area contributed by atoms with Crippen LogP contribution in [0.2, 0.25) is 0 Å². The topological polar surface area (TPSA) is 30.2 Å². The molecule has 0 fully saturated rings. The third kappa shape index (κ3) is 2.58. The summed E-state index contributed by atoms with van der Waals surface area (Å²) in [6, 6.07) is 0. The van der Waals surface area contributed by atoms with E-state index in [0.29, 0.717) is 6.42 Å². The van der Waals surface area contributed by atoms with Gasteiger partial charge in [0.05, 0.1) is 5.56 Å². The fourth-order valence-corrected chi connectivity index (χ4v) is 1.73. The van der Waals surface area contributed by atoms with Gasteiger partial charge in [-0.05, 0) is 33.6 Å². The van der Waals surface area contributed by atoms with Gasteiger partial charge in [-0.25, -0.2) is 0 Å². The van der Waals surface area contributed by atoms with Crippen molar-refractivity contribution in [1.29, 1.82) is 0 Å². The molecule has 2 nitrogen and oxygen atoms in total. The van der Waals surface area contributed by atoms with Crippen molar-refractivity contribution in [2.24, 2.45) is 0 Å². The number of allylic oxidation sites excluding steroid dienone is 1. The first-order chi connectivity index (χ1) is 7.07. The third-order valence-electron chi connectivity index (χ3n) is 2.65. The Morgan fingerprint density at radius 3 is 2.47 bits per heavy atom. The van der Waals surface area contributed by atoms with E-state index in [1.807, 2.05) is 26.8 Å². The van der Waals surface area contributed by atoms with Crippen molar-refractivity contribution < 1.29 is 9.21 Å². The highest BCUT2D eigenvalue weighted by molar-refractivity contribution is 5.98. The Kier molecular flexibility index (Phi) is 3.89. The number of rotatable bonds is 5. The number of hydrogen-bond donors (Lipinski definition) is 0. The van der Waals surface area contributed by atoms with E-state index in [0.717, 1.165) is 35.5 Å². The molecule has 1 heterocycles. The highest BCUT2D eigenvalue weighted by Crippen LogP contribution is 2.22. The Labute approximate surface area is 91.0 Å². The standard InChI is InChI=1S/C13H18O2/c1-5-6-7-8-12(14)13-9(2)10(3)15-11(13)4/h5H,1,6-8H2,2-4H3. The molecule has 0 aliphatic rings. The monoisotopic (exact) mass is 206 g/mol. The van der Waals surface area contributed by atoms with Crippen LogP contribution < -0.4 is 0 Å². The molecule has 0 aliphatic carbocycles. The molecule has 0 radical (unpaired) electrons. The lowest BCUT2D eigenvalue weighted by atomic mass is 10.0. The van der Waals surface area contributed by atoms with Crippen LogP contribution in [0.15, 0.2) is 17.1 Å². The summed E-state index contributed by atoms with van der Waals surface area (Å²) in [7, 11) is 0. The lowest BCUT2D eigenvalue weighted by Crippen LogP contribution is -2.01. The van der Waals surface area contributed by atoms with Gasteiger partial charge in [0.2, 0.25) is 0 Å². The van der Waals surface area contributed by atoms with Crippen molar-refractivity contribution in [3.8, 4) is 0 Å². The first kappa shape index (κ1) is 11.8. The molecule has 15 heavy (non-hydrogen) atoms. The maximum absolute atomic E-state index is 11.9. The van der Waals surface area contributed by atoms with Gasteiger partial charge in [0.25, 0.3) is 0 Å². The summed E-state index contributed by atoms with van der Waals surface area (Å²) < 4.78 is 5.43. The first-order valence-corrected chi connectivity index (χ1v) is 5.28. The molecule has 0 bridgehead atoms. The predicted molar refractivity (Wildman–Crippen MR) is 61.3 cm³/mol. The molecule has 0 aromatic carbocycles. The van der Waals surface area contributed by atoms with Crippen LogP contribution in [0.25, 0.3) is 0 Å². The van der Waals surface area contributed by atoms with Crippen LogP contribution in [0, 0.1) is 20.8 Å². The second kappa shape index (κ2) is 4.96. The van der Waals surface area contributed by atoms with Crippen LogP contribution in [0.5, 0.6) is 0 Å². The SMILES string of the molecule is C=CCCCC(=O)c1c(C)oc(C)c1C. The van der Waals surface area contributed by atoms with E-state index in [4.69, 9.17) is 4.42 Å². The second-order valence-electron chi connectivity index (χ2n) is 3.82. The number of carbonyl (C=O) groups excluding carboxylic acids is 1. The Morgan fingerprint density at radius 2 is 2.00 bits per heavy atom. The van der Waals surface area contributed by atoms with E-state index in [-0.39, 0.29) is 5.78 Å². The van der Waals surface area contributed by atoms with E-state index in [1.54, 1.807) is 0 Å². The van der Waals surface area contributed by atoms with E-state index in [2.05, 4.69) is 6.58 Å². The zero-order valence-corrected chi connectivity index (χ0v) is 9.72. The van der Waals surface area contributed by atoms with E-state index in [9.17, 15) is 4.79 Å². The first-order valence-electron chi connectivity index (χ1n) is 5.28. The van der Waals surface area contributed by atoms with Gasteiger partial charge in [-0.1, -0.05) is 6.08 Å². The molecule has 0 saturated heterocycles. The summed E-state index contributed by atoms with van der Waals surface area (Å²) in [6.07, 6.45) is 4.17. The molecule has 0 spiro atoms. The number of ketones is 1. The molecule has 0 amide bonds. The Balaban J connectivity index is 2.77.